The minimum absolute atomic E-state index is 0.205. The van der Waals surface area contributed by atoms with Crippen LogP contribution in [0.2, 0.25) is 0 Å². The molecule has 1 fully saturated rings. The highest BCUT2D eigenvalue weighted by molar-refractivity contribution is 9.10. The molecule has 4 heteroatoms. The number of methoxy groups -OCH3 is 1. The first-order valence-electron chi connectivity index (χ1n) is 7.18. The van der Waals surface area contributed by atoms with Crippen molar-refractivity contribution in [2.24, 2.45) is 5.92 Å². The highest BCUT2D eigenvalue weighted by Gasteiger charge is 2.22. The molecule has 0 aromatic heterocycles. The number of hydrogen-bond donors (Lipinski definition) is 0. The lowest BCUT2D eigenvalue weighted by molar-refractivity contribution is 0.0889. The van der Waals surface area contributed by atoms with E-state index in [2.05, 4.69) is 15.9 Å². The van der Waals surface area contributed by atoms with E-state index in [4.69, 9.17) is 9.47 Å². The normalized spacial score (nSPS) is 16.1. The van der Waals surface area contributed by atoms with Crippen LogP contribution in [0.25, 0.3) is 0 Å². The lowest BCUT2D eigenvalue weighted by Crippen LogP contribution is -2.17. The summed E-state index contributed by atoms with van der Waals surface area (Å²) < 4.78 is 11.4. The van der Waals surface area contributed by atoms with Gasteiger partial charge in [-0.25, -0.2) is 0 Å². The molecule has 110 valence electrons. The van der Waals surface area contributed by atoms with Crippen molar-refractivity contribution in [2.75, 3.05) is 20.3 Å². The van der Waals surface area contributed by atoms with Gasteiger partial charge in [0, 0.05) is 18.6 Å². The van der Waals surface area contributed by atoms with Gasteiger partial charge in [-0.15, -0.1) is 0 Å². The zero-order chi connectivity index (χ0) is 14.4. The second kappa shape index (κ2) is 7.79. The molecule has 0 saturated heterocycles. The highest BCUT2D eigenvalue weighted by atomic mass is 79.9. The molecule has 1 aromatic rings. The van der Waals surface area contributed by atoms with Crippen LogP contribution < -0.4 is 4.74 Å². The van der Waals surface area contributed by atoms with Crippen LogP contribution in [0.4, 0.5) is 0 Å². The monoisotopic (exact) mass is 340 g/mol. The van der Waals surface area contributed by atoms with Crippen LogP contribution in [0.3, 0.4) is 0 Å². The number of ketones is 1. The first-order valence-corrected chi connectivity index (χ1v) is 7.97. The van der Waals surface area contributed by atoms with E-state index in [1.807, 2.05) is 18.2 Å². The Bertz CT molecular complexity index is 453. The zero-order valence-electron chi connectivity index (χ0n) is 11.9. The van der Waals surface area contributed by atoms with Crippen molar-refractivity contribution < 1.29 is 14.3 Å². The van der Waals surface area contributed by atoms with Crippen molar-refractivity contribution in [3.05, 3.63) is 28.2 Å². The number of Topliss-reactive ketones (excluding diaryl/α,β-unsaturated/α-hetero) is 1. The molecule has 1 aliphatic carbocycles. The number of rotatable bonds is 6. The SMILES string of the molecule is COCCOc1ccc(C(=O)C2CCCCC2)cc1Br. The molecule has 0 spiro atoms. The average Bonchev–Trinajstić information content (AvgIpc) is 2.49. The van der Waals surface area contributed by atoms with E-state index in [1.165, 1.54) is 19.3 Å². The van der Waals surface area contributed by atoms with Crippen molar-refractivity contribution in [1.29, 1.82) is 0 Å². The maximum absolute atomic E-state index is 12.4. The Morgan fingerprint density at radius 2 is 2.00 bits per heavy atom. The summed E-state index contributed by atoms with van der Waals surface area (Å²) >= 11 is 3.47. The minimum atomic E-state index is 0.205. The molecular formula is C16H21BrO3. The van der Waals surface area contributed by atoms with E-state index in [9.17, 15) is 4.79 Å². The molecule has 1 saturated carbocycles. The number of carbonyl (C=O) groups excluding carboxylic acids is 1. The quantitative estimate of drug-likeness (QED) is 0.574. The summed E-state index contributed by atoms with van der Waals surface area (Å²) in [5, 5.41) is 0. The molecule has 1 aliphatic rings. The van der Waals surface area contributed by atoms with Crippen LogP contribution in [-0.2, 0) is 4.74 Å². The summed E-state index contributed by atoms with van der Waals surface area (Å²) in [4.78, 5) is 12.4. The maximum Gasteiger partial charge on any atom is 0.165 e. The van der Waals surface area contributed by atoms with Gasteiger partial charge in [-0.1, -0.05) is 19.3 Å². The molecule has 0 radical (unpaired) electrons. The van der Waals surface area contributed by atoms with E-state index in [0.717, 1.165) is 28.6 Å². The van der Waals surface area contributed by atoms with Crippen LogP contribution in [0, 0.1) is 5.92 Å². The Balaban J connectivity index is 2.02. The fourth-order valence-corrected chi connectivity index (χ4v) is 3.10. The Kier molecular flexibility index (Phi) is 6.05. The third-order valence-corrected chi connectivity index (χ3v) is 4.36. The van der Waals surface area contributed by atoms with E-state index in [1.54, 1.807) is 7.11 Å². The number of halogens is 1. The third kappa shape index (κ3) is 4.06. The molecule has 0 N–H and O–H groups in total. The van der Waals surface area contributed by atoms with Gasteiger partial charge in [0.15, 0.2) is 5.78 Å². The summed E-state index contributed by atoms with van der Waals surface area (Å²) in [6.45, 7) is 1.06. The first kappa shape index (κ1) is 15.5. The van der Waals surface area contributed by atoms with Crippen LogP contribution in [0.15, 0.2) is 22.7 Å². The molecule has 0 aliphatic heterocycles. The van der Waals surface area contributed by atoms with Crippen molar-refractivity contribution in [3.63, 3.8) is 0 Å². The largest absolute Gasteiger partial charge is 0.490 e. The van der Waals surface area contributed by atoms with Gasteiger partial charge in [-0.2, -0.15) is 0 Å². The lowest BCUT2D eigenvalue weighted by Gasteiger charge is -2.20. The topological polar surface area (TPSA) is 35.5 Å². The Morgan fingerprint density at radius 1 is 1.25 bits per heavy atom. The van der Waals surface area contributed by atoms with Crippen LogP contribution >= 0.6 is 15.9 Å². The van der Waals surface area contributed by atoms with Gasteiger partial charge in [-0.3, -0.25) is 4.79 Å². The van der Waals surface area contributed by atoms with E-state index in [-0.39, 0.29) is 11.7 Å². The van der Waals surface area contributed by atoms with E-state index in [0.29, 0.717) is 13.2 Å². The summed E-state index contributed by atoms with van der Waals surface area (Å²) in [6.07, 6.45) is 5.68. The minimum Gasteiger partial charge on any atom is -0.490 e. The predicted molar refractivity (Wildman–Crippen MR) is 82.4 cm³/mol. The van der Waals surface area contributed by atoms with Crippen LogP contribution in [-0.4, -0.2) is 26.1 Å². The molecule has 0 heterocycles. The van der Waals surface area contributed by atoms with Crippen molar-refractivity contribution >= 4 is 21.7 Å². The van der Waals surface area contributed by atoms with Gasteiger partial charge in [0.25, 0.3) is 0 Å². The van der Waals surface area contributed by atoms with E-state index >= 15 is 0 Å². The van der Waals surface area contributed by atoms with Gasteiger partial charge in [-0.05, 0) is 47.0 Å². The average molecular weight is 341 g/mol. The second-order valence-electron chi connectivity index (χ2n) is 5.19. The third-order valence-electron chi connectivity index (χ3n) is 3.74. The molecule has 20 heavy (non-hydrogen) atoms. The molecule has 0 unspecified atom stereocenters. The number of hydrogen-bond acceptors (Lipinski definition) is 3. The lowest BCUT2D eigenvalue weighted by atomic mass is 9.84. The standard InChI is InChI=1S/C16H21BrO3/c1-19-9-10-20-15-8-7-13(11-14(15)17)16(18)12-5-3-2-4-6-12/h7-8,11-12H,2-6,9-10H2,1H3. The van der Waals surface area contributed by atoms with Crippen LogP contribution in [0.1, 0.15) is 42.5 Å². The summed E-state index contributed by atoms with van der Waals surface area (Å²) in [7, 11) is 1.64. The number of benzene rings is 1. The van der Waals surface area contributed by atoms with Gasteiger partial charge in [0.2, 0.25) is 0 Å². The summed E-state index contributed by atoms with van der Waals surface area (Å²) in [6, 6.07) is 5.60. The van der Waals surface area contributed by atoms with Gasteiger partial charge in [0.05, 0.1) is 11.1 Å². The van der Waals surface area contributed by atoms with Crippen molar-refractivity contribution in [2.45, 2.75) is 32.1 Å². The molecule has 0 bridgehead atoms. The van der Waals surface area contributed by atoms with E-state index < -0.39 is 0 Å². The molecular weight excluding hydrogens is 320 g/mol. The van der Waals surface area contributed by atoms with Gasteiger partial charge < -0.3 is 9.47 Å². The predicted octanol–water partition coefficient (Wildman–Crippen LogP) is 4.24. The summed E-state index contributed by atoms with van der Waals surface area (Å²) in [5.74, 6) is 1.23. The first-order chi connectivity index (χ1) is 9.72. The molecule has 3 nitrogen and oxygen atoms in total. The highest BCUT2D eigenvalue weighted by Crippen LogP contribution is 2.30. The molecule has 0 amide bonds. The number of ether oxygens (including phenoxy) is 2. The molecule has 0 atom stereocenters. The van der Waals surface area contributed by atoms with Gasteiger partial charge >= 0.3 is 0 Å². The maximum atomic E-state index is 12.4. The number of carbonyl (C=O) groups is 1. The van der Waals surface area contributed by atoms with Gasteiger partial charge in [0.1, 0.15) is 12.4 Å². The zero-order valence-corrected chi connectivity index (χ0v) is 13.4. The van der Waals surface area contributed by atoms with Crippen molar-refractivity contribution in [3.8, 4) is 5.75 Å². The smallest absolute Gasteiger partial charge is 0.165 e. The fraction of sp³-hybridized carbons (Fsp3) is 0.562. The summed E-state index contributed by atoms with van der Waals surface area (Å²) in [5.41, 5.74) is 0.780. The molecule has 2 rings (SSSR count). The van der Waals surface area contributed by atoms with Crippen LogP contribution in [0.5, 0.6) is 5.75 Å². The molecule has 1 aromatic carbocycles. The fourth-order valence-electron chi connectivity index (χ4n) is 2.61. The Hall–Kier alpha value is -0.870. The Morgan fingerprint density at radius 3 is 2.65 bits per heavy atom. The van der Waals surface area contributed by atoms with Crippen molar-refractivity contribution in [1.82, 2.24) is 0 Å². The second-order valence-corrected chi connectivity index (χ2v) is 6.04. The Labute approximate surface area is 128 Å².